The molecule has 0 spiro atoms. The van der Waals surface area contributed by atoms with Crippen LogP contribution in [0.1, 0.15) is 23.2 Å². The van der Waals surface area contributed by atoms with Crippen molar-refractivity contribution >= 4 is 28.5 Å². The molecule has 1 heterocycles. The Kier molecular flexibility index (Phi) is 4.82. The van der Waals surface area contributed by atoms with Gasteiger partial charge in [-0.25, -0.2) is 0 Å². The fraction of sp³-hybridized carbons (Fsp3) is 0.462. The highest BCUT2D eigenvalue weighted by Gasteiger charge is 2.16. The zero-order valence-corrected chi connectivity index (χ0v) is 12.1. The van der Waals surface area contributed by atoms with Gasteiger partial charge in [0.1, 0.15) is 5.75 Å². The Balaban J connectivity index is 1.92. The third-order valence-electron chi connectivity index (χ3n) is 3.01. The lowest BCUT2D eigenvalue weighted by Gasteiger charge is -2.22. The van der Waals surface area contributed by atoms with Crippen LogP contribution in [-0.2, 0) is 4.74 Å². The molecule has 1 amide bonds. The third-order valence-corrected chi connectivity index (χ3v) is 3.68. The van der Waals surface area contributed by atoms with Gasteiger partial charge in [0.2, 0.25) is 0 Å². The number of hydrogen-bond donors (Lipinski definition) is 2. The van der Waals surface area contributed by atoms with Gasteiger partial charge in [-0.2, -0.15) is 0 Å². The highest BCUT2D eigenvalue weighted by Crippen LogP contribution is 2.20. The maximum Gasteiger partial charge on any atom is 0.255 e. The van der Waals surface area contributed by atoms with Gasteiger partial charge in [-0.3, -0.25) is 4.79 Å². The summed E-state index contributed by atoms with van der Waals surface area (Å²) in [6.07, 6.45) is 2.13. The zero-order chi connectivity index (χ0) is 13.0. The van der Waals surface area contributed by atoms with E-state index in [1.807, 2.05) is 0 Å². The van der Waals surface area contributed by atoms with Crippen molar-refractivity contribution in [2.75, 3.05) is 19.8 Å². The molecule has 2 rings (SSSR count). The molecule has 1 unspecified atom stereocenters. The SMILES string of the molecule is O=C(NCC1CCCOC1)c1cc(I)ccc1O. The van der Waals surface area contributed by atoms with E-state index in [-0.39, 0.29) is 11.7 Å². The number of benzene rings is 1. The van der Waals surface area contributed by atoms with E-state index in [2.05, 4.69) is 27.9 Å². The number of nitrogens with one attached hydrogen (secondary N) is 1. The number of hydrogen-bond acceptors (Lipinski definition) is 3. The first kappa shape index (κ1) is 13.6. The second kappa shape index (κ2) is 6.38. The van der Waals surface area contributed by atoms with Crippen molar-refractivity contribution in [2.45, 2.75) is 12.8 Å². The summed E-state index contributed by atoms with van der Waals surface area (Å²) >= 11 is 2.12. The van der Waals surface area contributed by atoms with Crippen molar-refractivity contribution in [3.63, 3.8) is 0 Å². The van der Waals surface area contributed by atoms with Gasteiger partial charge in [0.05, 0.1) is 12.2 Å². The largest absolute Gasteiger partial charge is 0.507 e. The number of amides is 1. The molecule has 0 saturated carbocycles. The number of aromatic hydroxyl groups is 1. The topological polar surface area (TPSA) is 58.6 Å². The number of carbonyl (C=O) groups excluding carboxylic acids is 1. The van der Waals surface area contributed by atoms with Gasteiger partial charge in [-0.15, -0.1) is 0 Å². The van der Waals surface area contributed by atoms with Crippen LogP contribution in [0.25, 0.3) is 0 Å². The summed E-state index contributed by atoms with van der Waals surface area (Å²) in [7, 11) is 0. The Hall–Kier alpha value is -0.820. The lowest BCUT2D eigenvalue weighted by atomic mass is 10.0. The van der Waals surface area contributed by atoms with E-state index < -0.39 is 0 Å². The minimum Gasteiger partial charge on any atom is -0.507 e. The molecule has 5 heteroatoms. The van der Waals surface area contributed by atoms with Gasteiger partial charge in [0.15, 0.2) is 0 Å². The van der Waals surface area contributed by atoms with E-state index in [1.165, 1.54) is 0 Å². The normalized spacial score (nSPS) is 19.5. The second-order valence-corrected chi connectivity index (χ2v) is 5.70. The summed E-state index contributed by atoms with van der Waals surface area (Å²) in [6, 6.07) is 4.99. The third kappa shape index (κ3) is 3.58. The predicted octanol–water partition coefficient (Wildman–Crippen LogP) is 2.15. The van der Waals surface area contributed by atoms with Gasteiger partial charge >= 0.3 is 0 Å². The lowest BCUT2D eigenvalue weighted by molar-refractivity contribution is 0.0536. The zero-order valence-electron chi connectivity index (χ0n) is 9.99. The average molecular weight is 361 g/mol. The van der Waals surface area contributed by atoms with Crippen LogP contribution in [0.5, 0.6) is 5.75 Å². The monoisotopic (exact) mass is 361 g/mol. The minimum absolute atomic E-state index is 0.0211. The van der Waals surface area contributed by atoms with Crippen molar-refractivity contribution in [3.05, 3.63) is 27.3 Å². The molecule has 1 aromatic carbocycles. The molecule has 1 aromatic rings. The molecule has 1 saturated heterocycles. The van der Waals surface area contributed by atoms with Crippen molar-refractivity contribution in [2.24, 2.45) is 5.92 Å². The number of rotatable bonds is 3. The van der Waals surface area contributed by atoms with Crippen LogP contribution in [0.4, 0.5) is 0 Å². The second-order valence-electron chi connectivity index (χ2n) is 4.45. The van der Waals surface area contributed by atoms with Crippen LogP contribution in [-0.4, -0.2) is 30.8 Å². The van der Waals surface area contributed by atoms with Crippen molar-refractivity contribution in [1.82, 2.24) is 5.32 Å². The molecule has 1 aliphatic heterocycles. The summed E-state index contributed by atoms with van der Waals surface area (Å²) in [5, 5.41) is 12.5. The summed E-state index contributed by atoms with van der Waals surface area (Å²) in [5.41, 5.74) is 0.332. The average Bonchev–Trinajstić information content (AvgIpc) is 2.40. The smallest absolute Gasteiger partial charge is 0.255 e. The highest BCUT2D eigenvalue weighted by molar-refractivity contribution is 14.1. The van der Waals surface area contributed by atoms with Crippen LogP contribution in [0, 0.1) is 9.49 Å². The molecule has 4 nitrogen and oxygen atoms in total. The Morgan fingerprint density at radius 1 is 1.56 bits per heavy atom. The Labute approximate surface area is 120 Å². The Morgan fingerprint density at radius 3 is 3.11 bits per heavy atom. The van der Waals surface area contributed by atoms with Crippen LogP contribution in [0.15, 0.2) is 18.2 Å². The van der Waals surface area contributed by atoms with Crippen LogP contribution >= 0.6 is 22.6 Å². The quantitative estimate of drug-likeness (QED) is 0.812. The van der Waals surface area contributed by atoms with Crippen molar-refractivity contribution in [3.8, 4) is 5.75 Å². The number of halogens is 1. The first-order valence-corrected chi connectivity index (χ1v) is 7.09. The minimum atomic E-state index is -0.225. The van der Waals surface area contributed by atoms with Crippen LogP contribution in [0.3, 0.4) is 0 Å². The molecule has 1 fully saturated rings. The molecule has 1 aliphatic rings. The molecule has 1 atom stereocenters. The number of carbonyl (C=O) groups is 1. The van der Waals surface area contributed by atoms with Gasteiger partial charge in [0, 0.05) is 16.7 Å². The van der Waals surface area contributed by atoms with Gasteiger partial charge in [-0.1, -0.05) is 0 Å². The highest BCUT2D eigenvalue weighted by atomic mass is 127. The molecule has 0 bridgehead atoms. The standard InChI is InChI=1S/C13H16INO3/c14-10-3-4-12(16)11(6-10)13(17)15-7-9-2-1-5-18-8-9/h3-4,6,9,16H,1-2,5,7-8H2,(H,15,17). The van der Waals surface area contributed by atoms with Crippen LogP contribution in [0.2, 0.25) is 0 Å². The molecule has 18 heavy (non-hydrogen) atoms. The first-order valence-electron chi connectivity index (χ1n) is 6.01. The summed E-state index contributed by atoms with van der Waals surface area (Å²) in [6.45, 7) is 2.13. The van der Waals surface area contributed by atoms with E-state index in [0.29, 0.717) is 24.6 Å². The molecule has 0 aromatic heterocycles. The molecular formula is C13H16INO3. The molecule has 0 aliphatic carbocycles. The van der Waals surface area contributed by atoms with Crippen LogP contribution < -0.4 is 5.32 Å². The predicted molar refractivity (Wildman–Crippen MR) is 76.7 cm³/mol. The molecule has 98 valence electrons. The van der Waals surface area contributed by atoms with E-state index in [0.717, 1.165) is 23.0 Å². The van der Waals surface area contributed by atoms with E-state index in [1.54, 1.807) is 18.2 Å². The number of phenolic OH excluding ortho intramolecular Hbond substituents is 1. The van der Waals surface area contributed by atoms with Crippen molar-refractivity contribution in [1.29, 1.82) is 0 Å². The van der Waals surface area contributed by atoms with Crippen molar-refractivity contribution < 1.29 is 14.6 Å². The fourth-order valence-corrected chi connectivity index (χ4v) is 2.48. The molecular weight excluding hydrogens is 345 g/mol. The molecule has 0 radical (unpaired) electrons. The Bertz CT molecular complexity index is 430. The summed E-state index contributed by atoms with van der Waals surface area (Å²) in [4.78, 5) is 11.9. The van der Waals surface area contributed by atoms with Gasteiger partial charge in [0.25, 0.3) is 5.91 Å². The maximum absolute atomic E-state index is 11.9. The number of phenols is 1. The van der Waals surface area contributed by atoms with E-state index in [9.17, 15) is 9.90 Å². The molecule has 2 N–H and O–H groups in total. The van der Waals surface area contributed by atoms with E-state index in [4.69, 9.17) is 4.74 Å². The fourth-order valence-electron chi connectivity index (χ4n) is 1.99. The van der Waals surface area contributed by atoms with Gasteiger partial charge in [-0.05, 0) is 59.5 Å². The Morgan fingerprint density at radius 2 is 2.39 bits per heavy atom. The number of ether oxygens (including phenoxy) is 1. The summed E-state index contributed by atoms with van der Waals surface area (Å²) in [5.74, 6) is 0.178. The summed E-state index contributed by atoms with van der Waals surface area (Å²) < 4.78 is 6.29. The van der Waals surface area contributed by atoms with E-state index >= 15 is 0 Å². The lowest BCUT2D eigenvalue weighted by Crippen LogP contribution is -2.33. The first-order chi connectivity index (χ1) is 8.66. The van der Waals surface area contributed by atoms with Gasteiger partial charge < -0.3 is 15.2 Å². The maximum atomic E-state index is 11.9.